The third kappa shape index (κ3) is 5.52. The van der Waals surface area contributed by atoms with Crippen LogP contribution in [-0.4, -0.2) is 31.5 Å². The van der Waals surface area contributed by atoms with Crippen LogP contribution in [0.3, 0.4) is 0 Å². The number of aromatic nitrogens is 1. The lowest BCUT2D eigenvalue weighted by Gasteiger charge is -2.14. The first kappa shape index (κ1) is 20.4. The van der Waals surface area contributed by atoms with Crippen LogP contribution in [0.25, 0.3) is 0 Å². The van der Waals surface area contributed by atoms with Crippen LogP contribution in [0.1, 0.15) is 16.1 Å². The van der Waals surface area contributed by atoms with Crippen molar-refractivity contribution < 1.29 is 22.8 Å². The van der Waals surface area contributed by atoms with Gasteiger partial charge < -0.3 is 19.3 Å². The molecule has 0 saturated heterocycles. The number of nitrogens with zero attached hydrogens (tertiary/aromatic N) is 1. The Kier molecular flexibility index (Phi) is 7.30. The number of para-hydroxylation sites is 1. The van der Waals surface area contributed by atoms with Gasteiger partial charge in [0, 0.05) is 37.3 Å². The Morgan fingerprint density at radius 2 is 2.00 bits per heavy atom. The van der Waals surface area contributed by atoms with Gasteiger partial charge in [0.2, 0.25) is 0 Å². The van der Waals surface area contributed by atoms with E-state index in [0.717, 1.165) is 11.8 Å². The minimum Gasteiger partial charge on any atom is -0.504 e. The summed E-state index contributed by atoms with van der Waals surface area (Å²) < 4.78 is 36.1. The minimum atomic E-state index is -3.16. The topological polar surface area (TPSA) is 69.6 Å². The van der Waals surface area contributed by atoms with Gasteiger partial charge in [-0.2, -0.15) is 0 Å². The number of anilines is 1. The number of rotatable bonds is 9. The van der Waals surface area contributed by atoms with E-state index in [1.807, 2.05) is 6.07 Å². The molecule has 2 rings (SSSR count). The van der Waals surface area contributed by atoms with Gasteiger partial charge in [-0.3, -0.25) is 9.59 Å². The van der Waals surface area contributed by atoms with Gasteiger partial charge in [0.05, 0.1) is 6.61 Å². The van der Waals surface area contributed by atoms with E-state index in [1.165, 1.54) is 23.9 Å². The molecule has 0 atom stereocenters. The summed E-state index contributed by atoms with van der Waals surface area (Å²) in [6.07, 6.45) is 2.43. The molecule has 1 heterocycles. The molecule has 0 spiro atoms. The molecule has 6 nitrogen and oxygen atoms in total. The fourth-order valence-electron chi connectivity index (χ4n) is 2.45. The third-order valence-corrected chi connectivity index (χ3v) is 3.71. The predicted molar refractivity (Wildman–Crippen MR) is 99.4 cm³/mol. The van der Waals surface area contributed by atoms with Crippen LogP contribution in [0, 0.1) is 6.92 Å². The number of hydrogen-bond acceptors (Lipinski definition) is 5. The number of benzene rings is 1. The average Bonchev–Trinajstić information content (AvgIpc) is 2.61. The lowest BCUT2D eigenvalue weighted by atomic mass is 10.1. The van der Waals surface area contributed by atoms with Crippen LogP contribution in [0.4, 0.5) is 14.3 Å². The van der Waals surface area contributed by atoms with E-state index in [-0.39, 0.29) is 13.2 Å². The zero-order valence-electron chi connectivity index (χ0n) is 14.9. The largest absolute Gasteiger partial charge is 0.796 e. The summed E-state index contributed by atoms with van der Waals surface area (Å²) in [6, 6.07) is 10.3. The lowest BCUT2D eigenvalue weighted by molar-refractivity contribution is 0.104. The average molecular weight is 376 g/mol. The molecule has 0 aliphatic heterocycles. The quantitative estimate of drug-likeness (QED) is 0.414. The first-order chi connectivity index (χ1) is 12.9. The summed E-state index contributed by atoms with van der Waals surface area (Å²) in [6.45, 7) is 1.98. The number of carbonyl (C=O) groups excluding carboxylic acids is 1. The number of pyridine rings is 1. The highest BCUT2D eigenvalue weighted by Crippen LogP contribution is 2.19. The van der Waals surface area contributed by atoms with E-state index in [9.17, 15) is 18.2 Å². The molecule has 1 aromatic carbocycles. The van der Waals surface area contributed by atoms with Gasteiger partial charge in [0.25, 0.3) is 5.56 Å². The fraction of sp³-hybridized carbons (Fsp3) is 0.222. The van der Waals surface area contributed by atoms with E-state index < -0.39 is 30.1 Å². The van der Waals surface area contributed by atoms with Gasteiger partial charge in [-0.1, -0.05) is 18.2 Å². The summed E-state index contributed by atoms with van der Waals surface area (Å²) in [5.41, 5.74) is -0.0529. The molecule has 0 bridgehead atoms. The van der Waals surface area contributed by atoms with Crippen molar-refractivity contribution in [2.45, 2.75) is 13.5 Å². The molecule has 142 valence electrons. The molecule has 1 aromatic heterocycles. The summed E-state index contributed by atoms with van der Waals surface area (Å²) in [4.78, 5) is 25.2. The van der Waals surface area contributed by atoms with Crippen LogP contribution in [0.2, 0.25) is 0 Å². The first-order valence-corrected chi connectivity index (χ1v) is 8.14. The molecule has 0 fully saturated rings. The molecule has 0 saturated carbocycles. The van der Waals surface area contributed by atoms with Gasteiger partial charge in [0.1, 0.15) is 11.3 Å². The predicted octanol–water partition coefficient (Wildman–Crippen LogP) is 2.91. The molecule has 0 aliphatic carbocycles. The van der Waals surface area contributed by atoms with Crippen molar-refractivity contribution in [2.75, 3.05) is 19.0 Å². The number of ether oxygens (including phenoxy) is 1. The first-order valence-electron chi connectivity index (χ1n) is 8.14. The fourth-order valence-corrected chi connectivity index (χ4v) is 2.45. The highest BCUT2D eigenvalue weighted by Gasteiger charge is 2.25. The second kappa shape index (κ2) is 9.68. The Hall–Kier alpha value is -2.94. The van der Waals surface area contributed by atoms with Gasteiger partial charge in [0.15, 0.2) is 5.78 Å². The number of ketones is 1. The van der Waals surface area contributed by atoms with E-state index in [4.69, 9.17) is 4.74 Å². The summed E-state index contributed by atoms with van der Waals surface area (Å²) in [7, 11) is -1.68. The molecule has 0 radical (unpaired) electrons. The molecule has 0 aliphatic rings. The molecule has 2 aromatic rings. The van der Waals surface area contributed by atoms with Crippen molar-refractivity contribution in [1.29, 1.82) is 0 Å². The molecule has 27 heavy (non-hydrogen) atoms. The van der Waals surface area contributed by atoms with Crippen LogP contribution in [0.5, 0.6) is 5.75 Å². The number of aryl methyl sites for hydroxylation is 1. The zero-order valence-corrected chi connectivity index (χ0v) is 14.9. The lowest BCUT2D eigenvalue weighted by Crippen LogP contribution is -2.30. The smallest absolute Gasteiger partial charge is 0.504 e. The number of hydrogen-bond donors (Lipinski definition) is 1. The van der Waals surface area contributed by atoms with Crippen molar-refractivity contribution in [3.8, 4) is 5.75 Å². The maximum atomic E-state index is 12.7. The van der Waals surface area contributed by atoms with Gasteiger partial charge in [-0.25, -0.2) is 8.63 Å². The van der Waals surface area contributed by atoms with E-state index in [2.05, 4.69) is 9.97 Å². The molecule has 1 N–H and O–H groups in total. The standard InChI is InChI=1S/C18H19BF2N2O4/c1-13-12-16(27-19(20)21)17(18(25)23(13)10-11-26-2)15(24)8-9-22-14-6-4-3-5-7-14/h3-9,12,22H,10-11H2,1-2H3/b9-8+. The van der Waals surface area contributed by atoms with Gasteiger partial charge >= 0.3 is 7.47 Å². The Balaban J connectivity index is 2.35. The Morgan fingerprint density at radius 1 is 1.30 bits per heavy atom. The minimum absolute atomic E-state index is 0.183. The molecule has 0 unspecified atom stereocenters. The maximum Gasteiger partial charge on any atom is 0.796 e. The summed E-state index contributed by atoms with van der Waals surface area (Å²) >= 11 is 0. The zero-order chi connectivity index (χ0) is 19.8. The Morgan fingerprint density at radius 3 is 2.63 bits per heavy atom. The summed E-state index contributed by atoms with van der Waals surface area (Å²) in [5.74, 6) is -1.19. The van der Waals surface area contributed by atoms with Crippen molar-refractivity contribution in [3.05, 3.63) is 70.3 Å². The van der Waals surface area contributed by atoms with Crippen LogP contribution in [0.15, 0.2) is 53.5 Å². The van der Waals surface area contributed by atoms with Gasteiger partial charge in [-0.15, -0.1) is 0 Å². The van der Waals surface area contributed by atoms with E-state index in [1.54, 1.807) is 31.2 Å². The highest BCUT2D eigenvalue weighted by molar-refractivity contribution is 6.35. The normalized spacial score (nSPS) is 10.8. The van der Waals surface area contributed by atoms with Crippen molar-refractivity contribution in [2.24, 2.45) is 0 Å². The molecule has 0 amide bonds. The Bertz CT molecular complexity index is 870. The van der Waals surface area contributed by atoms with Crippen LogP contribution in [-0.2, 0) is 11.3 Å². The number of allylic oxidation sites excluding steroid dienone is 1. The second-order valence-corrected chi connectivity index (χ2v) is 5.56. The van der Waals surface area contributed by atoms with E-state index in [0.29, 0.717) is 5.69 Å². The van der Waals surface area contributed by atoms with Crippen LogP contribution < -0.4 is 15.5 Å². The number of halogens is 2. The van der Waals surface area contributed by atoms with Crippen molar-refractivity contribution >= 4 is 18.9 Å². The number of methoxy groups -OCH3 is 1. The van der Waals surface area contributed by atoms with Crippen LogP contribution >= 0.6 is 0 Å². The van der Waals surface area contributed by atoms with Gasteiger partial charge in [-0.05, 0) is 25.1 Å². The SMILES string of the molecule is COCCn1c(C)cc(OB(F)F)c(C(=O)/C=C/Nc2ccccc2)c1=O. The van der Waals surface area contributed by atoms with E-state index >= 15 is 0 Å². The maximum absolute atomic E-state index is 12.7. The Labute approximate surface area is 155 Å². The monoisotopic (exact) mass is 376 g/mol. The molecular weight excluding hydrogens is 357 g/mol. The second-order valence-electron chi connectivity index (χ2n) is 5.56. The molecule has 9 heteroatoms. The number of carbonyl (C=O) groups is 1. The summed E-state index contributed by atoms with van der Waals surface area (Å²) in [5, 5.41) is 2.87. The molecular formula is C18H19BF2N2O4. The van der Waals surface area contributed by atoms with Crippen molar-refractivity contribution in [1.82, 2.24) is 4.57 Å². The number of nitrogens with one attached hydrogen (secondary N) is 1. The highest BCUT2D eigenvalue weighted by atomic mass is 19.2. The van der Waals surface area contributed by atoms with Crippen molar-refractivity contribution in [3.63, 3.8) is 0 Å². The third-order valence-electron chi connectivity index (χ3n) is 3.71.